The number of benzene rings is 3. The largest absolute Gasteiger partial charge is 0.508 e. The van der Waals surface area contributed by atoms with Crippen LogP contribution in [0.3, 0.4) is 0 Å². The zero-order valence-corrected chi connectivity index (χ0v) is 20.0. The van der Waals surface area contributed by atoms with Gasteiger partial charge >= 0.3 is 0 Å². The molecule has 0 radical (unpaired) electrons. The van der Waals surface area contributed by atoms with Gasteiger partial charge in [0.25, 0.3) is 0 Å². The van der Waals surface area contributed by atoms with Crippen molar-refractivity contribution in [2.75, 3.05) is 56.0 Å². The van der Waals surface area contributed by atoms with E-state index in [1.807, 2.05) is 62.3 Å². The second-order valence-electron chi connectivity index (χ2n) is 8.47. The van der Waals surface area contributed by atoms with Gasteiger partial charge in [-0.25, -0.2) is 0 Å². The Balaban J connectivity index is 2.15. The van der Waals surface area contributed by atoms with Crippen molar-refractivity contribution in [2.24, 2.45) is 0 Å². The Morgan fingerprint density at radius 1 is 0.625 bits per heavy atom. The predicted octanol–water partition coefficient (Wildman–Crippen LogP) is 5.26. The molecule has 3 aromatic carbocycles. The molecule has 0 heterocycles. The minimum atomic E-state index is -0.298. The number of aromatic hydroxyl groups is 2. The van der Waals surface area contributed by atoms with Gasteiger partial charge < -0.3 is 24.9 Å². The fourth-order valence-corrected chi connectivity index (χ4v) is 4.10. The van der Waals surface area contributed by atoms with Gasteiger partial charge in [0.1, 0.15) is 11.5 Å². The molecule has 3 rings (SSSR count). The Morgan fingerprint density at radius 3 is 1.38 bits per heavy atom. The Bertz CT molecular complexity index is 984. The minimum Gasteiger partial charge on any atom is -0.508 e. The van der Waals surface area contributed by atoms with E-state index < -0.39 is 0 Å². The van der Waals surface area contributed by atoms with E-state index >= 15 is 0 Å². The molecular formula is C27H35N3O2. The summed E-state index contributed by atoms with van der Waals surface area (Å²) in [5, 5.41) is 21.9. The number of rotatable bonds is 8. The maximum absolute atomic E-state index is 11.0. The zero-order valence-electron chi connectivity index (χ0n) is 20.0. The average molecular weight is 434 g/mol. The van der Waals surface area contributed by atoms with Gasteiger partial charge in [0.2, 0.25) is 0 Å². The van der Waals surface area contributed by atoms with E-state index in [9.17, 15) is 10.2 Å². The van der Waals surface area contributed by atoms with E-state index in [2.05, 4.69) is 43.0 Å². The van der Waals surface area contributed by atoms with Crippen LogP contribution in [0.4, 0.5) is 17.1 Å². The van der Waals surface area contributed by atoms with Crippen molar-refractivity contribution in [3.05, 3.63) is 77.4 Å². The first kappa shape index (κ1) is 23.3. The Hall–Kier alpha value is -3.34. The number of phenolic OH excluding ortho intramolecular Hbond substituents is 2. The molecule has 0 amide bonds. The van der Waals surface area contributed by atoms with E-state index in [0.29, 0.717) is 0 Å². The number of phenols is 2. The van der Waals surface area contributed by atoms with Gasteiger partial charge in [-0.15, -0.1) is 0 Å². The highest BCUT2D eigenvalue weighted by Crippen LogP contribution is 2.42. The second kappa shape index (κ2) is 9.86. The van der Waals surface area contributed by atoms with Crippen molar-refractivity contribution < 1.29 is 10.2 Å². The maximum atomic E-state index is 11.0. The van der Waals surface area contributed by atoms with Crippen molar-refractivity contribution in [2.45, 2.75) is 19.8 Å². The van der Waals surface area contributed by atoms with Crippen LogP contribution in [0.25, 0.3) is 0 Å². The molecule has 0 saturated carbocycles. The molecule has 0 aliphatic heterocycles. The summed E-state index contributed by atoms with van der Waals surface area (Å²) in [5.41, 5.74) is 5.56. The van der Waals surface area contributed by atoms with E-state index in [0.717, 1.165) is 46.8 Å². The lowest BCUT2D eigenvalue weighted by Gasteiger charge is -2.25. The van der Waals surface area contributed by atoms with E-state index in [1.165, 1.54) is 0 Å². The van der Waals surface area contributed by atoms with Crippen LogP contribution in [0.15, 0.2) is 60.7 Å². The number of nitrogens with zero attached hydrogens (tertiary/aromatic N) is 3. The number of hydrogen-bond acceptors (Lipinski definition) is 5. The first-order valence-electron chi connectivity index (χ1n) is 11.1. The number of hydrogen-bond donors (Lipinski definition) is 2. The highest BCUT2D eigenvalue weighted by Gasteiger charge is 2.24. The van der Waals surface area contributed by atoms with Crippen LogP contribution < -0.4 is 14.7 Å². The van der Waals surface area contributed by atoms with Crippen molar-refractivity contribution in [1.82, 2.24) is 0 Å². The molecule has 5 heteroatoms. The normalized spacial score (nSPS) is 11.0. The summed E-state index contributed by atoms with van der Waals surface area (Å²) in [6.07, 6.45) is 0. The van der Waals surface area contributed by atoms with E-state index in [-0.39, 0.29) is 17.4 Å². The average Bonchev–Trinajstić information content (AvgIpc) is 2.77. The van der Waals surface area contributed by atoms with Gasteiger partial charge in [-0.1, -0.05) is 24.3 Å². The Morgan fingerprint density at radius 2 is 1.03 bits per heavy atom. The molecule has 0 atom stereocenters. The van der Waals surface area contributed by atoms with Crippen molar-refractivity contribution in [3.8, 4) is 11.5 Å². The zero-order chi connectivity index (χ0) is 23.4. The van der Waals surface area contributed by atoms with Crippen molar-refractivity contribution >= 4 is 17.1 Å². The van der Waals surface area contributed by atoms with E-state index in [1.54, 1.807) is 12.1 Å². The monoisotopic (exact) mass is 433 g/mol. The second-order valence-corrected chi connectivity index (χ2v) is 8.47. The molecule has 0 fully saturated rings. The quantitative estimate of drug-likeness (QED) is 0.475. The highest BCUT2D eigenvalue weighted by atomic mass is 16.3. The third-order valence-corrected chi connectivity index (χ3v) is 6.04. The summed E-state index contributed by atoms with van der Waals surface area (Å²) >= 11 is 0. The fourth-order valence-electron chi connectivity index (χ4n) is 4.10. The van der Waals surface area contributed by atoms with Crippen LogP contribution in [0.1, 0.15) is 36.5 Å². The van der Waals surface area contributed by atoms with E-state index in [4.69, 9.17) is 0 Å². The molecule has 170 valence electrons. The lowest BCUT2D eigenvalue weighted by Crippen LogP contribution is -2.21. The van der Waals surface area contributed by atoms with Gasteiger partial charge in [0.05, 0.1) is 0 Å². The smallest absolute Gasteiger partial charge is 0.121 e. The SMILES string of the molecule is CCN(CC)c1ccc(C(c2ccc(N(C)C)cc2O)c2ccc(N(C)C)cc2O)cc1. The Labute approximate surface area is 192 Å². The maximum Gasteiger partial charge on any atom is 0.121 e. The Kier molecular flexibility index (Phi) is 7.18. The van der Waals surface area contributed by atoms with Crippen molar-refractivity contribution in [3.63, 3.8) is 0 Å². The summed E-state index contributed by atoms with van der Waals surface area (Å²) in [6.45, 7) is 6.18. The summed E-state index contributed by atoms with van der Waals surface area (Å²) in [5.74, 6) is 0.128. The fraction of sp³-hybridized carbons (Fsp3) is 0.333. The molecule has 0 aliphatic rings. The third-order valence-electron chi connectivity index (χ3n) is 6.04. The predicted molar refractivity (Wildman–Crippen MR) is 136 cm³/mol. The lowest BCUT2D eigenvalue weighted by atomic mass is 9.83. The molecule has 2 N–H and O–H groups in total. The molecule has 0 saturated heterocycles. The van der Waals surface area contributed by atoms with Crippen LogP contribution in [0.5, 0.6) is 11.5 Å². The molecule has 32 heavy (non-hydrogen) atoms. The summed E-state index contributed by atoms with van der Waals surface area (Å²) in [4.78, 5) is 6.22. The molecule has 0 unspecified atom stereocenters. The van der Waals surface area contributed by atoms with Crippen molar-refractivity contribution in [1.29, 1.82) is 0 Å². The lowest BCUT2D eigenvalue weighted by molar-refractivity contribution is 0.459. The molecule has 0 bridgehead atoms. The van der Waals surface area contributed by atoms with Crippen LogP contribution >= 0.6 is 0 Å². The van der Waals surface area contributed by atoms with Gasteiger partial charge in [-0.3, -0.25) is 0 Å². The summed E-state index contributed by atoms with van der Waals surface area (Å²) in [7, 11) is 7.79. The summed E-state index contributed by atoms with van der Waals surface area (Å²) in [6, 6.07) is 19.9. The van der Waals surface area contributed by atoms with Gasteiger partial charge in [0, 0.05) is 87.5 Å². The third kappa shape index (κ3) is 4.77. The molecule has 0 aromatic heterocycles. The first-order chi connectivity index (χ1) is 15.3. The minimum absolute atomic E-state index is 0.213. The first-order valence-corrected chi connectivity index (χ1v) is 11.1. The van der Waals surface area contributed by atoms with Crippen LogP contribution in [-0.4, -0.2) is 51.5 Å². The molecule has 3 aromatic rings. The van der Waals surface area contributed by atoms with Crippen LogP contribution in [0.2, 0.25) is 0 Å². The van der Waals surface area contributed by atoms with Crippen LogP contribution in [0, 0.1) is 0 Å². The van der Waals surface area contributed by atoms with Gasteiger partial charge in [-0.2, -0.15) is 0 Å². The molecular weight excluding hydrogens is 398 g/mol. The van der Waals surface area contributed by atoms with Crippen LogP contribution in [-0.2, 0) is 0 Å². The topological polar surface area (TPSA) is 50.2 Å². The standard InChI is InChI=1S/C27H35N3O2/c1-7-30(8-2)20-11-9-19(10-12-20)27(23-15-13-21(28(3)4)17-25(23)31)24-16-14-22(29(5)6)18-26(24)32/h9-18,27,31-32H,7-8H2,1-6H3. The summed E-state index contributed by atoms with van der Waals surface area (Å²) < 4.78 is 0. The molecule has 0 aliphatic carbocycles. The molecule has 5 nitrogen and oxygen atoms in total. The number of anilines is 3. The highest BCUT2D eigenvalue weighted by molar-refractivity contribution is 5.62. The molecule has 0 spiro atoms. The van der Waals surface area contributed by atoms with Gasteiger partial charge in [-0.05, 0) is 43.7 Å². The van der Waals surface area contributed by atoms with Gasteiger partial charge in [0.15, 0.2) is 0 Å².